The van der Waals surface area contributed by atoms with Gasteiger partial charge in [-0.15, -0.1) is 0 Å². The molecule has 0 aromatic heterocycles. The summed E-state index contributed by atoms with van der Waals surface area (Å²) in [6.45, 7) is 13.6. The van der Waals surface area contributed by atoms with E-state index in [-0.39, 0.29) is 0 Å². The zero-order valence-corrected chi connectivity index (χ0v) is 9.70. The molecule has 1 aliphatic rings. The van der Waals surface area contributed by atoms with Crippen LogP contribution in [0, 0.1) is 5.41 Å². The van der Waals surface area contributed by atoms with Crippen LogP contribution in [0.25, 0.3) is 0 Å². The highest BCUT2D eigenvalue weighted by atomic mass is 15.1. The van der Waals surface area contributed by atoms with Crippen LogP contribution in [0.15, 0.2) is 0 Å². The maximum atomic E-state index is 3.61. The lowest BCUT2D eigenvalue weighted by Crippen LogP contribution is -2.37. The predicted molar refractivity (Wildman–Crippen MR) is 57.9 cm³/mol. The summed E-state index contributed by atoms with van der Waals surface area (Å²) in [4.78, 5) is 0. The Kier molecular flexibility index (Phi) is 3.03. The average molecular weight is 184 g/mol. The fourth-order valence-corrected chi connectivity index (χ4v) is 1.75. The first-order valence-corrected chi connectivity index (χ1v) is 5.27. The van der Waals surface area contributed by atoms with Gasteiger partial charge in [0.15, 0.2) is 0 Å². The highest BCUT2D eigenvalue weighted by Gasteiger charge is 2.30. The lowest BCUT2D eigenvalue weighted by atomic mass is 9.95. The first-order chi connectivity index (χ1) is 5.79. The Hall–Kier alpha value is -0.0800. The molecule has 2 heteroatoms. The highest BCUT2D eigenvalue weighted by Crippen LogP contribution is 2.19. The molecule has 0 aromatic rings. The van der Waals surface area contributed by atoms with Crippen molar-refractivity contribution < 1.29 is 0 Å². The van der Waals surface area contributed by atoms with Crippen LogP contribution in [0.1, 0.15) is 41.0 Å². The first-order valence-electron chi connectivity index (χ1n) is 5.27. The van der Waals surface area contributed by atoms with E-state index in [0.717, 1.165) is 13.1 Å². The second kappa shape index (κ2) is 3.58. The van der Waals surface area contributed by atoms with Crippen LogP contribution in [0.5, 0.6) is 0 Å². The summed E-state index contributed by atoms with van der Waals surface area (Å²) in [5, 5.41) is 7.13. The highest BCUT2D eigenvalue weighted by molar-refractivity contribution is 4.93. The standard InChI is InChI=1S/C11H24N2/c1-10(2,3)8-12-9-6-11(4,5)13-7-9/h9,12-13H,6-8H2,1-5H3. The molecule has 2 N–H and O–H groups in total. The van der Waals surface area contributed by atoms with Gasteiger partial charge in [0.25, 0.3) is 0 Å². The van der Waals surface area contributed by atoms with Crippen LogP contribution in [-0.2, 0) is 0 Å². The van der Waals surface area contributed by atoms with E-state index in [0.29, 0.717) is 17.0 Å². The fourth-order valence-electron chi connectivity index (χ4n) is 1.75. The zero-order chi connectivity index (χ0) is 10.1. The smallest absolute Gasteiger partial charge is 0.0210 e. The molecule has 0 aromatic carbocycles. The molecule has 0 spiro atoms. The Morgan fingerprint density at radius 2 is 2.00 bits per heavy atom. The van der Waals surface area contributed by atoms with Gasteiger partial charge in [0.1, 0.15) is 0 Å². The molecule has 1 heterocycles. The van der Waals surface area contributed by atoms with E-state index >= 15 is 0 Å². The molecule has 1 saturated heterocycles. The van der Waals surface area contributed by atoms with Crippen molar-refractivity contribution in [2.24, 2.45) is 5.41 Å². The topological polar surface area (TPSA) is 24.1 Å². The molecule has 1 unspecified atom stereocenters. The summed E-state index contributed by atoms with van der Waals surface area (Å²) in [5.74, 6) is 0. The molecule has 0 aliphatic carbocycles. The normalized spacial score (nSPS) is 27.9. The molecular weight excluding hydrogens is 160 g/mol. The van der Waals surface area contributed by atoms with Gasteiger partial charge < -0.3 is 10.6 Å². The van der Waals surface area contributed by atoms with Gasteiger partial charge in [0, 0.05) is 24.7 Å². The number of nitrogens with one attached hydrogen (secondary N) is 2. The van der Waals surface area contributed by atoms with Crippen LogP contribution in [0.3, 0.4) is 0 Å². The van der Waals surface area contributed by atoms with Crippen LogP contribution in [0.4, 0.5) is 0 Å². The predicted octanol–water partition coefficient (Wildman–Crippen LogP) is 1.76. The Labute approximate surface area is 82.5 Å². The Balaban J connectivity index is 2.25. The molecule has 0 amide bonds. The Morgan fingerprint density at radius 1 is 1.38 bits per heavy atom. The van der Waals surface area contributed by atoms with E-state index < -0.39 is 0 Å². The van der Waals surface area contributed by atoms with E-state index in [1.54, 1.807) is 0 Å². The van der Waals surface area contributed by atoms with E-state index in [4.69, 9.17) is 0 Å². The molecule has 1 atom stereocenters. The van der Waals surface area contributed by atoms with Gasteiger partial charge in [-0.05, 0) is 25.7 Å². The molecule has 13 heavy (non-hydrogen) atoms. The van der Waals surface area contributed by atoms with Crippen molar-refractivity contribution in [2.75, 3.05) is 13.1 Å². The quantitative estimate of drug-likeness (QED) is 0.683. The monoisotopic (exact) mass is 184 g/mol. The molecule has 0 bridgehead atoms. The summed E-state index contributed by atoms with van der Waals surface area (Å²) >= 11 is 0. The average Bonchev–Trinajstić information content (AvgIpc) is 2.24. The summed E-state index contributed by atoms with van der Waals surface area (Å²) in [5.41, 5.74) is 0.724. The molecule has 1 aliphatic heterocycles. The van der Waals surface area contributed by atoms with Crippen molar-refractivity contribution in [1.82, 2.24) is 10.6 Å². The van der Waals surface area contributed by atoms with Crippen molar-refractivity contribution in [1.29, 1.82) is 0 Å². The van der Waals surface area contributed by atoms with E-state index in [1.807, 2.05) is 0 Å². The van der Waals surface area contributed by atoms with Crippen molar-refractivity contribution in [3.8, 4) is 0 Å². The summed E-state index contributed by atoms with van der Waals surface area (Å²) in [7, 11) is 0. The number of hydrogen-bond donors (Lipinski definition) is 2. The molecule has 1 fully saturated rings. The summed E-state index contributed by atoms with van der Waals surface area (Å²) in [6, 6.07) is 0.661. The number of hydrogen-bond acceptors (Lipinski definition) is 2. The Bertz CT molecular complexity index is 167. The summed E-state index contributed by atoms with van der Waals surface area (Å²) < 4.78 is 0. The molecule has 0 saturated carbocycles. The third-order valence-electron chi connectivity index (χ3n) is 2.50. The molecule has 0 radical (unpaired) electrons. The van der Waals surface area contributed by atoms with Gasteiger partial charge in [-0.2, -0.15) is 0 Å². The van der Waals surface area contributed by atoms with Gasteiger partial charge in [-0.25, -0.2) is 0 Å². The van der Waals surface area contributed by atoms with E-state index in [1.165, 1.54) is 6.42 Å². The third-order valence-corrected chi connectivity index (χ3v) is 2.50. The first kappa shape index (κ1) is 11.0. The molecule has 2 nitrogen and oxygen atoms in total. The molecule has 78 valence electrons. The zero-order valence-electron chi connectivity index (χ0n) is 9.70. The van der Waals surface area contributed by atoms with Gasteiger partial charge in [-0.1, -0.05) is 20.8 Å². The van der Waals surface area contributed by atoms with E-state index in [2.05, 4.69) is 45.3 Å². The van der Waals surface area contributed by atoms with Crippen LogP contribution in [-0.4, -0.2) is 24.7 Å². The fraction of sp³-hybridized carbons (Fsp3) is 1.00. The molecular formula is C11H24N2. The lowest BCUT2D eigenvalue weighted by Gasteiger charge is -2.22. The van der Waals surface area contributed by atoms with Crippen molar-refractivity contribution in [3.05, 3.63) is 0 Å². The maximum absolute atomic E-state index is 3.61. The minimum atomic E-state index is 0.329. The minimum Gasteiger partial charge on any atom is -0.312 e. The minimum absolute atomic E-state index is 0.329. The second-order valence-electron chi connectivity index (χ2n) is 6.11. The summed E-state index contributed by atoms with van der Waals surface area (Å²) in [6.07, 6.45) is 1.24. The van der Waals surface area contributed by atoms with Gasteiger partial charge in [0.2, 0.25) is 0 Å². The van der Waals surface area contributed by atoms with Crippen LogP contribution in [0.2, 0.25) is 0 Å². The second-order valence-corrected chi connectivity index (χ2v) is 6.11. The van der Waals surface area contributed by atoms with Crippen molar-refractivity contribution >= 4 is 0 Å². The SMILES string of the molecule is CC(C)(C)CNC1CNC(C)(C)C1. The third kappa shape index (κ3) is 4.10. The lowest BCUT2D eigenvalue weighted by molar-refractivity contribution is 0.350. The maximum Gasteiger partial charge on any atom is 0.0210 e. The van der Waals surface area contributed by atoms with Gasteiger partial charge in [-0.3, -0.25) is 0 Å². The van der Waals surface area contributed by atoms with Gasteiger partial charge >= 0.3 is 0 Å². The van der Waals surface area contributed by atoms with Crippen LogP contribution >= 0.6 is 0 Å². The van der Waals surface area contributed by atoms with Crippen LogP contribution < -0.4 is 10.6 Å². The number of rotatable bonds is 2. The van der Waals surface area contributed by atoms with Gasteiger partial charge in [0.05, 0.1) is 0 Å². The van der Waals surface area contributed by atoms with E-state index in [9.17, 15) is 0 Å². The Morgan fingerprint density at radius 3 is 2.38 bits per heavy atom. The molecule has 1 rings (SSSR count). The van der Waals surface area contributed by atoms with Crippen molar-refractivity contribution in [3.63, 3.8) is 0 Å². The van der Waals surface area contributed by atoms with Crippen molar-refractivity contribution in [2.45, 2.75) is 52.6 Å². The largest absolute Gasteiger partial charge is 0.312 e.